The van der Waals surface area contributed by atoms with Gasteiger partial charge in [-0.25, -0.2) is 4.39 Å². The molecule has 1 aromatic rings. The van der Waals surface area contributed by atoms with E-state index in [1.54, 1.807) is 13.0 Å². The third-order valence-corrected chi connectivity index (χ3v) is 2.81. The zero-order valence-corrected chi connectivity index (χ0v) is 11.7. The van der Waals surface area contributed by atoms with Gasteiger partial charge in [0.25, 0.3) is 5.91 Å². The molecule has 0 aliphatic heterocycles. The summed E-state index contributed by atoms with van der Waals surface area (Å²) >= 11 is 3.00. The number of ether oxygens (including phenoxy) is 1. The Morgan fingerprint density at radius 1 is 1.44 bits per heavy atom. The van der Waals surface area contributed by atoms with Gasteiger partial charge < -0.3 is 9.64 Å². The summed E-state index contributed by atoms with van der Waals surface area (Å²) in [6.07, 6.45) is 0. The van der Waals surface area contributed by atoms with Crippen LogP contribution >= 0.6 is 15.9 Å². The highest BCUT2D eigenvalue weighted by molar-refractivity contribution is 9.10. The molecule has 98 valence electrons. The molecule has 18 heavy (non-hydrogen) atoms. The minimum Gasteiger partial charge on any atom is -0.465 e. The van der Waals surface area contributed by atoms with Crippen LogP contribution in [0.3, 0.4) is 0 Å². The fraction of sp³-hybridized carbons (Fsp3) is 0.333. The van der Waals surface area contributed by atoms with E-state index in [2.05, 4.69) is 15.9 Å². The molecule has 0 unspecified atom stereocenters. The molecular weight excluding hydrogens is 305 g/mol. The van der Waals surface area contributed by atoms with Crippen LogP contribution in [0, 0.1) is 5.82 Å². The van der Waals surface area contributed by atoms with E-state index >= 15 is 0 Å². The highest BCUT2D eigenvalue weighted by Gasteiger charge is 2.19. The molecule has 0 aromatic heterocycles. The molecule has 0 fully saturated rings. The maximum absolute atomic E-state index is 13.7. The molecule has 0 saturated carbocycles. The molecular formula is C12H13BrFNO3. The van der Waals surface area contributed by atoms with Crippen LogP contribution in [0.15, 0.2) is 22.7 Å². The zero-order valence-electron chi connectivity index (χ0n) is 10.1. The Labute approximate surface area is 113 Å². The largest absolute Gasteiger partial charge is 0.465 e. The third kappa shape index (κ3) is 3.53. The second-order valence-corrected chi connectivity index (χ2v) is 4.42. The van der Waals surface area contributed by atoms with Crippen molar-refractivity contribution in [1.82, 2.24) is 4.90 Å². The van der Waals surface area contributed by atoms with Crippen LogP contribution in [0.4, 0.5) is 4.39 Å². The molecule has 0 radical (unpaired) electrons. The number of amides is 1. The van der Waals surface area contributed by atoms with Gasteiger partial charge in [-0.3, -0.25) is 9.59 Å². The van der Waals surface area contributed by atoms with E-state index in [1.165, 1.54) is 19.2 Å². The number of rotatable bonds is 4. The van der Waals surface area contributed by atoms with Crippen molar-refractivity contribution >= 4 is 27.8 Å². The molecule has 0 aliphatic carbocycles. The summed E-state index contributed by atoms with van der Waals surface area (Å²) in [6.45, 7) is 1.71. The minimum atomic E-state index is -0.641. The molecule has 0 saturated heterocycles. The molecule has 0 heterocycles. The smallest absolute Gasteiger partial charge is 0.325 e. The molecule has 1 amide bonds. The Balaban J connectivity index is 2.81. The van der Waals surface area contributed by atoms with E-state index in [4.69, 9.17) is 4.74 Å². The fourth-order valence-electron chi connectivity index (χ4n) is 1.35. The number of hydrogen-bond acceptors (Lipinski definition) is 3. The Bertz CT molecular complexity index is 465. The second-order valence-electron chi connectivity index (χ2n) is 3.57. The first-order chi connectivity index (χ1) is 8.47. The number of hydrogen-bond donors (Lipinski definition) is 0. The summed E-state index contributed by atoms with van der Waals surface area (Å²) in [5.74, 6) is -1.73. The number of esters is 1. The minimum absolute atomic E-state index is 0.0869. The molecule has 4 nitrogen and oxygen atoms in total. The monoisotopic (exact) mass is 317 g/mol. The van der Waals surface area contributed by atoms with Crippen molar-refractivity contribution in [3.05, 3.63) is 34.1 Å². The van der Waals surface area contributed by atoms with Crippen LogP contribution in [0.25, 0.3) is 0 Å². The lowest BCUT2D eigenvalue weighted by atomic mass is 10.2. The number of likely N-dealkylation sites (N-methyl/N-ethyl adjacent to an activating group) is 1. The van der Waals surface area contributed by atoms with Gasteiger partial charge in [0, 0.05) is 7.05 Å². The van der Waals surface area contributed by atoms with Crippen molar-refractivity contribution in [2.45, 2.75) is 6.92 Å². The van der Waals surface area contributed by atoms with Crippen LogP contribution in [0.1, 0.15) is 17.3 Å². The van der Waals surface area contributed by atoms with Gasteiger partial charge in [-0.15, -0.1) is 0 Å². The lowest BCUT2D eigenvalue weighted by molar-refractivity contribution is -0.143. The average Bonchev–Trinajstić information content (AvgIpc) is 2.32. The van der Waals surface area contributed by atoms with Crippen molar-refractivity contribution in [1.29, 1.82) is 0 Å². The molecule has 0 aliphatic rings. The van der Waals surface area contributed by atoms with E-state index in [9.17, 15) is 14.0 Å². The molecule has 0 N–H and O–H groups in total. The van der Waals surface area contributed by atoms with E-state index in [0.717, 1.165) is 4.90 Å². The maximum Gasteiger partial charge on any atom is 0.325 e. The van der Waals surface area contributed by atoms with Crippen molar-refractivity contribution in [3.63, 3.8) is 0 Å². The van der Waals surface area contributed by atoms with Gasteiger partial charge in [0.05, 0.1) is 16.6 Å². The summed E-state index contributed by atoms with van der Waals surface area (Å²) in [5.41, 5.74) is -0.0869. The van der Waals surface area contributed by atoms with Gasteiger partial charge in [0.1, 0.15) is 12.4 Å². The molecule has 6 heteroatoms. The maximum atomic E-state index is 13.7. The Morgan fingerprint density at radius 2 is 2.11 bits per heavy atom. The Hall–Kier alpha value is -1.43. The summed E-state index contributed by atoms with van der Waals surface area (Å²) in [5, 5.41) is 0. The normalized spacial score (nSPS) is 10.0. The van der Waals surface area contributed by atoms with Crippen LogP contribution in [0.5, 0.6) is 0 Å². The van der Waals surface area contributed by atoms with E-state index in [-0.39, 0.29) is 23.2 Å². The molecule has 1 rings (SSSR count). The summed E-state index contributed by atoms with van der Waals surface area (Å²) in [6, 6.07) is 4.42. The Kier molecular flexibility index (Phi) is 5.27. The number of carbonyl (C=O) groups is 2. The predicted molar refractivity (Wildman–Crippen MR) is 67.7 cm³/mol. The summed E-state index contributed by atoms with van der Waals surface area (Å²) < 4.78 is 18.6. The molecule has 0 spiro atoms. The van der Waals surface area contributed by atoms with Crippen LogP contribution in [0.2, 0.25) is 0 Å². The Morgan fingerprint density at radius 3 is 2.72 bits per heavy atom. The fourth-order valence-corrected chi connectivity index (χ4v) is 1.71. The number of nitrogens with zero attached hydrogens (tertiary/aromatic N) is 1. The van der Waals surface area contributed by atoms with Crippen molar-refractivity contribution in [2.24, 2.45) is 0 Å². The van der Waals surface area contributed by atoms with Gasteiger partial charge in [-0.05, 0) is 35.0 Å². The van der Waals surface area contributed by atoms with Gasteiger partial charge in [0.15, 0.2) is 0 Å². The predicted octanol–water partition coefficient (Wildman–Crippen LogP) is 2.22. The molecule has 0 atom stereocenters. The van der Waals surface area contributed by atoms with Crippen molar-refractivity contribution in [3.8, 4) is 0 Å². The highest BCUT2D eigenvalue weighted by atomic mass is 79.9. The highest BCUT2D eigenvalue weighted by Crippen LogP contribution is 2.19. The van der Waals surface area contributed by atoms with Crippen LogP contribution in [-0.2, 0) is 9.53 Å². The molecule has 0 bridgehead atoms. The first-order valence-electron chi connectivity index (χ1n) is 5.32. The standard InChI is InChI=1S/C12H13BrFNO3/c1-3-18-10(16)7-15(2)12(17)8-5-4-6-9(13)11(8)14/h4-6H,3,7H2,1-2H3. The van der Waals surface area contributed by atoms with Crippen LogP contribution in [-0.4, -0.2) is 37.0 Å². The second kappa shape index (κ2) is 6.49. The third-order valence-electron chi connectivity index (χ3n) is 2.20. The van der Waals surface area contributed by atoms with E-state index < -0.39 is 17.7 Å². The van der Waals surface area contributed by atoms with Gasteiger partial charge in [0.2, 0.25) is 0 Å². The van der Waals surface area contributed by atoms with Crippen LogP contribution < -0.4 is 0 Å². The number of benzene rings is 1. The lowest BCUT2D eigenvalue weighted by Gasteiger charge is -2.16. The van der Waals surface area contributed by atoms with Gasteiger partial charge in [-0.1, -0.05) is 6.07 Å². The molecule has 1 aromatic carbocycles. The SMILES string of the molecule is CCOC(=O)CN(C)C(=O)c1cccc(Br)c1F. The summed E-state index contributed by atoms with van der Waals surface area (Å²) in [7, 11) is 1.42. The van der Waals surface area contributed by atoms with E-state index in [0.29, 0.717) is 0 Å². The summed E-state index contributed by atoms with van der Waals surface area (Å²) in [4.78, 5) is 24.3. The van der Waals surface area contributed by atoms with Gasteiger partial charge >= 0.3 is 5.97 Å². The quantitative estimate of drug-likeness (QED) is 0.800. The first kappa shape index (κ1) is 14.6. The number of carbonyl (C=O) groups excluding carboxylic acids is 2. The lowest BCUT2D eigenvalue weighted by Crippen LogP contribution is -2.33. The first-order valence-corrected chi connectivity index (χ1v) is 6.11. The van der Waals surface area contributed by atoms with Crippen molar-refractivity contribution < 1.29 is 18.7 Å². The van der Waals surface area contributed by atoms with Gasteiger partial charge in [-0.2, -0.15) is 0 Å². The number of halogens is 2. The van der Waals surface area contributed by atoms with Crippen molar-refractivity contribution in [2.75, 3.05) is 20.2 Å². The average molecular weight is 318 g/mol. The van der Waals surface area contributed by atoms with E-state index in [1.807, 2.05) is 0 Å². The topological polar surface area (TPSA) is 46.6 Å². The zero-order chi connectivity index (χ0) is 13.7.